The Morgan fingerprint density at radius 3 is 2.32 bits per heavy atom. The third-order valence-electron chi connectivity index (χ3n) is 3.84. The minimum Gasteiger partial charge on any atom is -0.338 e. The molecule has 0 aliphatic carbocycles. The number of aromatic nitrogens is 2. The molecule has 0 amide bonds. The Kier molecular flexibility index (Phi) is 6.03. The molecule has 0 spiro atoms. The van der Waals surface area contributed by atoms with Gasteiger partial charge in [0.1, 0.15) is 12.2 Å². The number of anilines is 4. The second kappa shape index (κ2) is 8.31. The van der Waals surface area contributed by atoms with Gasteiger partial charge in [0.25, 0.3) is 0 Å². The van der Waals surface area contributed by atoms with Crippen LogP contribution in [0.3, 0.4) is 0 Å². The molecule has 3 aromatic rings. The molecule has 1 heterocycles. The SMILES string of the molecule is CP(C)(=O)c1ccc(Nc2ncc(Cl)c(Nc3ccccc3[SH](=O)=O)n2)cc1. The highest BCUT2D eigenvalue weighted by molar-refractivity contribution is 7.72. The molecule has 0 aliphatic rings. The average molecular weight is 437 g/mol. The van der Waals surface area contributed by atoms with Crippen LogP contribution in [0.25, 0.3) is 0 Å². The van der Waals surface area contributed by atoms with E-state index >= 15 is 0 Å². The molecular formula is C18H18ClN4O3PS. The Morgan fingerprint density at radius 2 is 1.68 bits per heavy atom. The molecule has 7 nitrogen and oxygen atoms in total. The fraction of sp³-hybridized carbons (Fsp3) is 0.111. The summed E-state index contributed by atoms with van der Waals surface area (Å²) in [6, 6.07) is 13.6. The van der Waals surface area contributed by atoms with Gasteiger partial charge < -0.3 is 15.2 Å². The van der Waals surface area contributed by atoms with Crippen LogP contribution in [0.5, 0.6) is 0 Å². The van der Waals surface area contributed by atoms with Crippen molar-refractivity contribution in [3.63, 3.8) is 0 Å². The Hall–Kier alpha value is -2.41. The molecule has 0 atom stereocenters. The topological polar surface area (TPSA) is 101 Å². The van der Waals surface area contributed by atoms with E-state index in [0.29, 0.717) is 11.4 Å². The summed E-state index contributed by atoms with van der Waals surface area (Å²) in [6.45, 7) is 3.42. The van der Waals surface area contributed by atoms with E-state index in [1.807, 2.05) is 0 Å². The maximum Gasteiger partial charge on any atom is 0.229 e. The van der Waals surface area contributed by atoms with Crippen LogP contribution < -0.4 is 15.9 Å². The number of benzene rings is 2. The predicted octanol–water partition coefficient (Wildman–Crippen LogP) is 3.84. The molecule has 0 radical (unpaired) electrons. The van der Waals surface area contributed by atoms with Crippen molar-refractivity contribution in [2.24, 2.45) is 0 Å². The summed E-state index contributed by atoms with van der Waals surface area (Å²) in [5.74, 6) is 0.548. The lowest BCUT2D eigenvalue weighted by molar-refractivity contribution is 0.588. The fourth-order valence-corrected chi connectivity index (χ4v) is 3.95. The van der Waals surface area contributed by atoms with Gasteiger partial charge in [0.05, 0.1) is 16.8 Å². The monoisotopic (exact) mass is 436 g/mol. The molecule has 2 N–H and O–H groups in total. The first-order valence-electron chi connectivity index (χ1n) is 8.19. The molecule has 0 aliphatic heterocycles. The maximum atomic E-state index is 12.1. The van der Waals surface area contributed by atoms with Gasteiger partial charge in [-0.3, -0.25) is 0 Å². The smallest absolute Gasteiger partial charge is 0.229 e. The second-order valence-electron chi connectivity index (χ2n) is 6.31. The highest BCUT2D eigenvalue weighted by atomic mass is 35.5. The van der Waals surface area contributed by atoms with Gasteiger partial charge in [0.15, 0.2) is 16.5 Å². The van der Waals surface area contributed by atoms with E-state index in [-0.39, 0.29) is 21.7 Å². The lowest BCUT2D eigenvalue weighted by Crippen LogP contribution is -2.05. The third kappa shape index (κ3) is 4.90. The zero-order chi connectivity index (χ0) is 20.3. The van der Waals surface area contributed by atoms with Crippen LogP contribution in [-0.4, -0.2) is 31.7 Å². The molecule has 0 fully saturated rings. The zero-order valence-corrected chi connectivity index (χ0v) is 17.6. The van der Waals surface area contributed by atoms with E-state index in [1.165, 1.54) is 12.3 Å². The molecule has 28 heavy (non-hydrogen) atoms. The first-order chi connectivity index (χ1) is 13.2. The summed E-state index contributed by atoms with van der Waals surface area (Å²) in [7, 11) is -5.09. The lowest BCUT2D eigenvalue weighted by Gasteiger charge is -2.12. The zero-order valence-electron chi connectivity index (χ0n) is 15.1. The molecule has 0 bridgehead atoms. The van der Waals surface area contributed by atoms with Crippen molar-refractivity contribution in [2.75, 3.05) is 24.0 Å². The highest BCUT2D eigenvalue weighted by Gasteiger charge is 2.12. The normalized spacial score (nSPS) is 11.4. The number of rotatable bonds is 6. The Balaban J connectivity index is 1.85. The standard InChI is InChI=1S/C18H18ClN4O3PS/c1-27(2,24)13-9-7-12(8-10-13)21-18-20-11-14(19)17(23-18)22-15-5-3-4-6-16(15)28(25)26/h3-11,28H,1-2H3,(H2,20,21,22,23). The van der Waals surface area contributed by atoms with Crippen molar-refractivity contribution in [1.82, 2.24) is 9.97 Å². The van der Waals surface area contributed by atoms with E-state index in [2.05, 4.69) is 20.6 Å². The first-order valence-corrected chi connectivity index (χ1v) is 12.4. The van der Waals surface area contributed by atoms with Crippen LogP contribution in [0.15, 0.2) is 59.6 Å². The lowest BCUT2D eigenvalue weighted by atomic mass is 10.3. The quantitative estimate of drug-likeness (QED) is 0.398. The number of hydrogen-bond donors (Lipinski definition) is 3. The van der Waals surface area contributed by atoms with E-state index in [1.54, 1.807) is 55.8 Å². The number of thiol groups is 1. The van der Waals surface area contributed by atoms with E-state index in [4.69, 9.17) is 11.6 Å². The van der Waals surface area contributed by atoms with Crippen LogP contribution in [0.2, 0.25) is 5.02 Å². The average Bonchev–Trinajstić information content (AvgIpc) is 2.64. The molecule has 0 saturated carbocycles. The van der Waals surface area contributed by atoms with Gasteiger partial charge in [0, 0.05) is 11.0 Å². The van der Waals surface area contributed by atoms with Crippen molar-refractivity contribution in [3.8, 4) is 0 Å². The minimum absolute atomic E-state index is 0.140. The maximum absolute atomic E-state index is 12.1. The van der Waals surface area contributed by atoms with E-state index in [0.717, 1.165) is 5.30 Å². The van der Waals surface area contributed by atoms with Crippen molar-refractivity contribution >= 4 is 57.9 Å². The fourth-order valence-electron chi connectivity index (χ4n) is 2.41. The van der Waals surface area contributed by atoms with Crippen molar-refractivity contribution in [2.45, 2.75) is 4.90 Å². The van der Waals surface area contributed by atoms with Gasteiger partial charge in [-0.2, -0.15) is 4.98 Å². The number of halogens is 1. The van der Waals surface area contributed by atoms with Gasteiger partial charge in [-0.05, 0) is 49.7 Å². The molecule has 0 unspecified atom stereocenters. The van der Waals surface area contributed by atoms with Crippen LogP contribution in [0.4, 0.5) is 23.1 Å². The van der Waals surface area contributed by atoms with Crippen LogP contribution >= 0.6 is 18.7 Å². The van der Waals surface area contributed by atoms with Gasteiger partial charge in [-0.25, -0.2) is 13.4 Å². The second-order valence-corrected chi connectivity index (χ2v) is 10.9. The van der Waals surface area contributed by atoms with Crippen LogP contribution in [-0.2, 0) is 15.3 Å². The summed E-state index contributed by atoms with van der Waals surface area (Å²) in [6.07, 6.45) is 1.42. The summed E-state index contributed by atoms with van der Waals surface area (Å²) < 4.78 is 34.9. The first kappa shape index (κ1) is 20.3. The van der Waals surface area contributed by atoms with E-state index < -0.39 is 17.8 Å². The van der Waals surface area contributed by atoms with Gasteiger partial charge in [0.2, 0.25) is 5.95 Å². The molecule has 146 valence electrons. The van der Waals surface area contributed by atoms with Gasteiger partial charge >= 0.3 is 0 Å². The molecule has 2 aromatic carbocycles. The number of nitrogens with zero attached hydrogens (tertiary/aromatic N) is 2. The summed E-state index contributed by atoms with van der Waals surface area (Å²) in [5.41, 5.74) is 1.09. The Labute approximate surface area is 169 Å². The summed E-state index contributed by atoms with van der Waals surface area (Å²) in [4.78, 5) is 8.59. The van der Waals surface area contributed by atoms with Crippen molar-refractivity contribution in [1.29, 1.82) is 0 Å². The number of nitrogens with one attached hydrogen (secondary N) is 2. The number of hydrogen-bond acceptors (Lipinski definition) is 7. The summed E-state index contributed by atoms with van der Waals surface area (Å²) >= 11 is 6.15. The Bertz CT molecular complexity index is 1120. The highest BCUT2D eigenvalue weighted by Crippen LogP contribution is 2.34. The van der Waals surface area contributed by atoms with Crippen LogP contribution in [0, 0.1) is 0 Å². The van der Waals surface area contributed by atoms with Crippen molar-refractivity contribution in [3.05, 3.63) is 59.8 Å². The largest absolute Gasteiger partial charge is 0.338 e. The molecule has 0 saturated heterocycles. The molecule has 1 aromatic heterocycles. The molecule has 10 heteroatoms. The van der Waals surface area contributed by atoms with E-state index in [9.17, 15) is 13.0 Å². The summed E-state index contributed by atoms with van der Waals surface area (Å²) in [5, 5.41) is 7.00. The van der Waals surface area contributed by atoms with Crippen LogP contribution in [0.1, 0.15) is 0 Å². The van der Waals surface area contributed by atoms with Crippen molar-refractivity contribution < 1.29 is 13.0 Å². The number of para-hydroxylation sites is 1. The third-order valence-corrected chi connectivity index (χ3v) is 6.44. The molecular weight excluding hydrogens is 419 g/mol. The Morgan fingerprint density at radius 1 is 1.00 bits per heavy atom. The minimum atomic E-state index is -2.77. The molecule has 3 rings (SSSR count). The van der Waals surface area contributed by atoms with Gasteiger partial charge in [-0.1, -0.05) is 23.7 Å². The van der Waals surface area contributed by atoms with Gasteiger partial charge in [-0.15, -0.1) is 0 Å². The predicted molar refractivity (Wildman–Crippen MR) is 114 cm³/mol.